The highest BCUT2D eigenvalue weighted by Crippen LogP contribution is 2.25. The zero-order chi connectivity index (χ0) is 13.7. The van der Waals surface area contributed by atoms with Crippen molar-refractivity contribution < 1.29 is 14.3 Å². The topological polar surface area (TPSA) is 71.5 Å². The molecule has 1 fully saturated rings. The standard InChI is InChI=1S/C12H17N3O3S/c1-18-6-4-13-10(16)7-9-8-19-12(14-9)15-5-2-3-11(15)17/h8H,2-7H2,1H3,(H,13,16). The SMILES string of the molecule is COCCNC(=O)Cc1csc(N2CCCC2=O)n1. The minimum atomic E-state index is -0.0818. The first-order valence-electron chi connectivity index (χ1n) is 6.21. The van der Waals surface area contributed by atoms with Gasteiger partial charge in [-0.25, -0.2) is 4.98 Å². The summed E-state index contributed by atoms with van der Waals surface area (Å²) in [4.78, 5) is 29.2. The lowest BCUT2D eigenvalue weighted by atomic mass is 10.3. The molecule has 1 aliphatic rings. The van der Waals surface area contributed by atoms with E-state index in [1.165, 1.54) is 11.3 Å². The van der Waals surface area contributed by atoms with Crippen molar-refractivity contribution in [2.45, 2.75) is 19.3 Å². The maximum atomic E-state index is 11.6. The molecule has 19 heavy (non-hydrogen) atoms. The molecule has 0 aromatic carbocycles. The first kappa shape index (κ1) is 14.0. The summed E-state index contributed by atoms with van der Waals surface area (Å²) in [6.45, 7) is 1.72. The van der Waals surface area contributed by atoms with Crippen molar-refractivity contribution in [1.29, 1.82) is 0 Å². The Bertz CT molecular complexity index is 461. The minimum absolute atomic E-state index is 0.0818. The van der Waals surface area contributed by atoms with Crippen LogP contribution in [0.2, 0.25) is 0 Å². The number of ether oxygens (including phenoxy) is 1. The van der Waals surface area contributed by atoms with E-state index in [1.54, 1.807) is 12.0 Å². The molecule has 0 aliphatic carbocycles. The van der Waals surface area contributed by atoms with Gasteiger partial charge in [-0.3, -0.25) is 14.5 Å². The maximum Gasteiger partial charge on any atom is 0.228 e. The first-order chi connectivity index (χ1) is 9.20. The van der Waals surface area contributed by atoms with Crippen molar-refractivity contribution >= 4 is 28.3 Å². The maximum absolute atomic E-state index is 11.6. The minimum Gasteiger partial charge on any atom is -0.383 e. The van der Waals surface area contributed by atoms with Crippen LogP contribution in [0.3, 0.4) is 0 Å². The number of carbonyl (C=O) groups is 2. The fourth-order valence-electron chi connectivity index (χ4n) is 1.87. The number of aromatic nitrogens is 1. The number of methoxy groups -OCH3 is 1. The number of hydrogen-bond acceptors (Lipinski definition) is 5. The molecule has 0 unspecified atom stereocenters. The zero-order valence-electron chi connectivity index (χ0n) is 10.8. The van der Waals surface area contributed by atoms with Gasteiger partial charge in [-0.1, -0.05) is 0 Å². The highest BCUT2D eigenvalue weighted by Gasteiger charge is 2.24. The van der Waals surface area contributed by atoms with Crippen molar-refractivity contribution in [1.82, 2.24) is 10.3 Å². The third-order valence-electron chi connectivity index (χ3n) is 2.81. The van der Waals surface area contributed by atoms with Crippen molar-refractivity contribution in [3.63, 3.8) is 0 Å². The van der Waals surface area contributed by atoms with E-state index in [0.717, 1.165) is 13.0 Å². The van der Waals surface area contributed by atoms with Gasteiger partial charge >= 0.3 is 0 Å². The van der Waals surface area contributed by atoms with Crippen LogP contribution < -0.4 is 10.2 Å². The Kier molecular flexibility index (Phi) is 4.86. The Morgan fingerprint density at radius 1 is 1.63 bits per heavy atom. The van der Waals surface area contributed by atoms with Gasteiger partial charge in [0.05, 0.1) is 18.7 Å². The van der Waals surface area contributed by atoms with E-state index in [-0.39, 0.29) is 18.2 Å². The summed E-state index contributed by atoms with van der Waals surface area (Å²) in [6.07, 6.45) is 1.71. The van der Waals surface area contributed by atoms with E-state index in [0.29, 0.717) is 30.4 Å². The van der Waals surface area contributed by atoms with Crippen LogP contribution in [0.4, 0.5) is 5.13 Å². The van der Waals surface area contributed by atoms with Crippen LogP contribution in [-0.4, -0.2) is 43.6 Å². The van der Waals surface area contributed by atoms with Crippen molar-refractivity contribution in [2.24, 2.45) is 0 Å². The van der Waals surface area contributed by atoms with E-state index >= 15 is 0 Å². The molecule has 2 rings (SSSR count). The van der Waals surface area contributed by atoms with Gasteiger partial charge in [0.25, 0.3) is 0 Å². The summed E-state index contributed by atoms with van der Waals surface area (Å²) in [6, 6.07) is 0. The Labute approximate surface area is 115 Å². The number of anilines is 1. The van der Waals surface area contributed by atoms with Gasteiger partial charge in [-0.15, -0.1) is 11.3 Å². The molecule has 104 valence electrons. The molecule has 0 bridgehead atoms. The molecular weight excluding hydrogens is 266 g/mol. The first-order valence-corrected chi connectivity index (χ1v) is 7.09. The van der Waals surface area contributed by atoms with Gasteiger partial charge in [-0.2, -0.15) is 0 Å². The summed E-state index contributed by atoms with van der Waals surface area (Å²) >= 11 is 1.41. The quantitative estimate of drug-likeness (QED) is 0.775. The Hall–Kier alpha value is -1.47. The molecule has 1 saturated heterocycles. The van der Waals surface area contributed by atoms with Gasteiger partial charge in [0.2, 0.25) is 11.8 Å². The third kappa shape index (κ3) is 3.74. The molecule has 7 heteroatoms. The molecule has 1 aromatic heterocycles. The lowest BCUT2D eigenvalue weighted by Crippen LogP contribution is -2.28. The van der Waals surface area contributed by atoms with Crippen LogP contribution >= 0.6 is 11.3 Å². The van der Waals surface area contributed by atoms with E-state index in [2.05, 4.69) is 10.3 Å². The van der Waals surface area contributed by atoms with Gasteiger partial charge < -0.3 is 10.1 Å². The molecule has 6 nitrogen and oxygen atoms in total. The predicted octanol–water partition coefficient (Wildman–Crippen LogP) is 0.575. The van der Waals surface area contributed by atoms with Gasteiger partial charge in [0.15, 0.2) is 5.13 Å². The predicted molar refractivity (Wildman–Crippen MR) is 72.3 cm³/mol. The second-order valence-corrected chi connectivity index (χ2v) is 5.13. The number of nitrogens with zero attached hydrogens (tertiary/aromatic N) is 2. The lowest BCUT2D eigenvalue weighted by Gasteiger charge is -2.10. The number of hydrogen-bond donors (Lipinski definition) is 1. The van der Waals surface area contributed by atoms with Crippen LogP contribution in [0.5, 0.6) is 0 Å². The third-order valence-corrected chi connectivity index (χ3v) is 3.73. The van der Waals surface area contributed by atoms with E-state index in [9.17, 15) is 9.59 Å². The molecule has 0 spiro atoms. The van der Waals surface area contributed by atoms with Gasteiger partial charge in [-0.05, 0) is 6.42 Å². The Morgan fingerprint density at radius 3 is 3.16 bits per heavy atom. The fourth-order valence-corrected chi connectivity index (χ4v) is 2.74. The second-order valence-electron chi connectivity index (χ2n) is 4.29. The van der Waals surface area contributed by atoms with E-state index < -0.39 is 0 Å². The molecule has 1 aliphatic heterocycles. The second kappa shape index (κ2) is 6.63. The smallest absolute Gasteiger partial charge is 0.228 e. The van der Waals surface area contributed by atoms with Crippen molar-refractivity contribution in [2.75, 3.05) is 31.7 Å². The fraction of sp³-hybridized carbons (Fsp3) is 0.583. The normalized spacial score (nSPS) is 15.0. The highest BCUT2D eigenvalue weighted by atomic mass is 32.1. The molecule has 0 radical (unpaired) electrons. The van der Waals surface area contributed by atoms with Crippen LogP contribution in [0.15, 0.2) is 5.38 Å². The zero-order valence-corrected chi connectivity index (χ0v) is 11.7. The van der Waals surface area contributed by atoms with Crippen LogP contribution in [0.25, 0.3) is 0 Å². The molecule has 1 aromatic rings. The highest BCUT2D eigenvalue weighted by molar-refractivity contribution is 7.14. The van der Waals surface area contributed by atoms with Gasteiger partial charge in [0, 0.05) is 32.0 Å². The average Bonchev–Trinajstić information content (AvgIpc) is 2.98. The monoisotopic (exact) mass is 283 g/mol. The van der Waals surface area contributed by atoms with E-state index in [4.69, 9.17) is 4.74 Å². The van der Waals surface area contributed by atoms with Crippen LogP contribution in [-0.2, 0) is 20.7 Å². The van der Waals surface area contributed by atoms with Gasteiger partial charge in [0.1, 0.15) is 0 Å². The Balaban J connectivity index is 1.87. The number of nitrogens with one attached hydrogen (secondary N) is 1. The number of thiazole rings is 1. The molecule has 2 heterocycles. The summed E-state index contributed by atoms with van der Waals surface area (Å²) in [5.74, 6) is 0.0343. The number of carbonyl (C=O) groups excluding carboxylic acids is 2. The summed E-state index contributed by atoms with van der Waals surface area (Å²) in [5, 5.41) is 5.27. The summed E-state index contributed by atoms with van der Waals surface area (Å²) < 4.78 is 4.85. The number of rotatable bonds is 6. The molecule has 0 atom stereocenters. The van der Waals surface area contributed by atoms with E-state index in [1.807, 2.05) is 5.38 Å². The average molecular weight is 283 g/mol. The molecular formula is C12H17N3O3S. The lowest BCUT2D eigenvalue weighted by molar-refractivity contribution is -0.120. The molecule has 0 saturated carbocycles. The van der Waals surface area contributed by atoms with Crippen LogP contribution in [0.1, 0.15) is 18.5 Å². The number of amides is 2. The summed E-state index contributed by atoms with van der Waals surface area (Å²) in [5.41, 5.74) is 0.703. The summed E-state index contributed by atoms with van der Waals surface area (Å²) in [7, 11) is 1.59. The Morgan fingerprint density at radius 2 is 2.47 bits per heavy atom. The largest absolute Gasteiger partial charge is 0.383 e. The molecule has 1 N–H and O–H groups in total. The van der Waals surface area contributed by atoms with Crippen molar-refractivity contribution in [3.05, 3.63) is 11.1 Å². The molecule has 2 amide bonds. The van der Waals surface area contributed by atoms with Crippen LogP contribution in [0, 0.1) is 0 Å². The van der Waals surface area contributed by atoms with Crippen molar-refractivity contribution in [3.8, 4) is 0 Å².